The average molecular weight is 289 g/mol. The summed E-state index contributed by atoms with van der Waals surface area (Å²) in [6.07, 6.45) is 5.65. The fraction of sp³-hybridized carbons (Fsp3) is 0.684. The summed E-state index contributed by atoms with van der Waals surface area (Å²) in [6, 6.07) is 10.8. The van der Waals surface area contributed by atoms with Crippen LogP contribution in [0.15, 0.2) is 30.3 Å². The van der Waals surface area contributed by atoms with Gasteiger partial charge in [0.1, 0.15) is 0 Å². The van der Waals surface area contributed by atoms with Crippen LogP contribution in [0.5, 0.6) is 0 Å². The molecule has 0 spiro atoms. The van der Waals surface area contributed by atoms with Crippen molar-refractivity contribution in [3.8, 4) is 0 Å². The Morgan fingerprint density at radius 2 is 1.90 bits per heavy atom. The van der Waals surface area contributed by atoms with E-state index in [9.17, 15) is 0 Å². The molecular formula is C19H31NO. The highest BCUT2D eigenvalue weighted by Gasteiger charge is 2.25. The molecule has 0 bridgehead atoms. The molecule has 0 aromatic heterocycles. The van der Waals surface area contributed by atoms with E-state index in [0.29, 0.717) is 18.1 Å². The number of ether oxygens (including phenoxy) is 1. The van der Waals surface area contributed by atoms with E-state index in [1.165, 1.54) is 24.8 Å². The summed E-state index contributed by atoms with van der Waals surface area (Å²) in [7, 11) is 0. The van der Waals surface area contributed by atoms with E-state index in [2.05, 4.69) is 63.3 Å². The Kier molecular flexibility index (Phi) is 5.83. The van der Waals surface area contributed by atoms with Crippen LogP contribution in [0.1, 0.15) is 52.5 Å². The van der Waals surface area contributed by atoms with E-state index < -0.39 is 0 Å². The van der Waals surface area contributed by atoms with Gasteiger partial charge in [0.2, 0.25) is 0 Å². The minimum atomic E-state index is 0.179. The maximum Gasteiger partial charge on any atom is 0.0583 e. The Bertz CT molecular complexity index is 409. The van der Waals surface area contributed by atoms with Crippen LogP contribution in [-0.2, 0) is 11.2 Å². The third-order valence-corrected chi connectivity index (χ3v) is 4.20. The number of rotatable bonds is 6. The van der Waals surface area contributed by atoms with Gasteiger partial charge in [-0.05, 0) is 71.4 Å². The van der Waals surface area contributed by atoms with Gasteiger partial charge < -0.3 is 10.1 Å². The zero-order valence-electron chi connectivity index (χ0n) is 14.1. The molecule has 0 aliphatic carbocycles. The van der Waals surface area contributed by atoms with E-state index in [1.807, 2.05) is 0 Å². The molecule has 0 amide bonds. The van der Waals surface area contributed by atoms with Gasteiger partial charge in [0, 0.05) is 5.54 Å². The molecule has 3 unspecified atom stereocenters. The standard InChI is InChI=1S/C19H31NO/c1-15-10-11-18(21-15)13-17(14-20-19(2,3)4)12-16-8-6-5-7-9-16/h5-9,15,17-18,20H,10-14H2,1-4H3. The first-order valence-electron chi connectivity index (χ1n) is 8.37. The van der Waals surface area contributed by atoms with Crippen LogP contribution >= 0.6 is 0 Å². The molecule has 1 aliphatic rings. The highest BCUT2D eigenvalue weighted by molar-refractivity contribution is 5.15. The molecule has 2 rings (SSSR count). The molecule has 0 saturated carbocycles. The molecule has 1 fully saturated rings. The summed E-state index contributed by atoms with van der Waals surface area (Å²) in [4.78, 5) is 0. The minimum absolute atomic E-state index is 0.179. The third kappa shape index (κ3) is 6.19. The lowest BCUT2D eigenvalue weighted by Crippen LogP contribution is -2.40. The van der Waals surface area contributed by atoms with Gasteiger partial charge in [0.05, 0.1) is 12.2 Å². The first kappa shape index (κ1) is 16.5. The fourth-order valence-electron chi connectivity index (χ4n) is 3.07. The number of hydrogen-bond donors (Lipinski definition) is 1. The number of nitrogens with one attached hydrogen (secondary N) is 1. The van der Waals surface area contributed by atoms with Crippen molar-refractivity contribution < 1.29 is 4.74 Å². The molecule has 1 aliphatic heterocycles. The second kappa shape index (κ2) is 7.42. The van der Waals surface area contributed by atoms with Gasteiger partial charge in [-0.25, -0.2) is 0 Å². The minimum Gasteiger partial charge on any atom is -0.375 e. The Morgan fingerprint density at radius 1 is 1.19 bits per heavy atom. The van der Waals surface area contributed by atoms with Crippen molar-refractivity contribution in [1.29, 1.82) is 0 Å². The molecule has 1 heterocycles. The van der Waals surface area contributed by atoms with E-state index in [4.69, 9.17) is 4.74 Å². The maximum absolute atomic E-state index is 6.03. The van der Waals surface area contributed by atoms with Crippen LogP contribution in [0, 0.1) is 5.92 Å². The third-order valence-electron chi connectivity index (χ3n) is 4.20. The summed E-state index contributed by atoms with van der Waals surface area (Å²) in [6.45, 7) is 9.97. The SMILES string of the molecule is CC1CCC(CC(CNC(C)(C)C)Cc2ccccc2)O1. The largest absolute Gasteiger partial charge is 0.375 e. The van der Waals surface area contributed by atoms with Gasteiger partial charge in [0.25, 0.3) is 0 Å². The number of benzene rings is 1. The lowest BCUT2D eigenvalue weighted by Gasteiger charge is -2.27. The van der Waals surface area contributed by atoms with Gasteiger partial charge in [-0.15, -0.1) is 0 Å². The zero-order chi connectivity index (χ0) is 15.3. The lowest BCUT2D eigenvalue weighted by atomic mass is 9.92. The van der Waals surface area contributed by atoms with Crippen LogP contribution < -0.4 is 5.32 Å². The fourth-order valence-corrected chi connectivity index (χ4v) is 3.07. The van der Waals surface area contributed by atoms with Crippen molar-refractivity contribution in [1.82, 2.24) is 5.32 Å². The monoisotopic (exact) mass is 289 g/mol. The summed E-state index contributed by atoms with van der Waals surface area (Å²) >= 11 is 0. The Balaban J connectivity index is 1.92. The molecule has 1 aromatic rings. The predicted molar refractivity (Wildman–Crippen MR) is 89.6 cm³/mol. The molecule has 2 nitrogen and oxygen atoms in total. The first-order valence-corrected chi connectivity index (χ1v) is 8.37. The summed E-state index contributed by atoms with van der Waals surface area (Å²) in [5, 5.41) is 3.67. The average Bonchev–Trinajstić information content (AvgIpc) is 2.82. The molecule has 2 heteroatoms. The highest BCUT2D eigenvalue weighted by Crippen LogP contribution is 2.26. The molecular weight excluding hydrogens is 258 g/mol. The van der Waals surface area contributed by atoms with Crippen LogP contribution in [0.3, 0.4) is 0 Å². The van der Waals surface area contributed by atoms with Crippen molar-refractivity contribution in [3.63, 3.8) is 0 Å². The van der Waals surface area contributed by atoms with Crippen LogP contribution in [-0.4, -0.2) is 24.3 Å². The van der Waals surface area contributed by atoms with Gasteiger partial charge in [-0.1, -0.05) is 30.3 Å². The quantitative estimate of drug-likeness (QED) is 0.848. The van der Waals surface area contributed by atoms with Gasteiger partial charge in [0.15, 0.2) is 0 Å². The van der Waals surface area contributed by atoms with Crippen LogP contribution in [0.2, 0.25) is 0 Å². The van der Waals surface area contributed by atoms with E-state index in [0.717, 1.165) is 13.0 Å². The summed E-state index contributed by atoms with van der Waals surface area (Å²) < 4.78 is 6.03. The number of hydrogen-bond acceptors (Lipinski definition) is 2. The van der Waals surface area contributed by atoms with Gasteiger partial charge >= 0.3 is 0 Å². The molecule has 3 atom stereocenters. The normalized spacial score (nSPS) is 24.2. The predicted octanol–water partition coefficient (Wildman–Crippen LogP) is 4.19. The second-order valence-corrected chi connectivity index (χ2v) is 7.57. The van der Waals surface area contributed by atoms with Gasteiger partial charge in [-0.3, -0.25) is 0 Å². The van der Waals surface area contributed by atoms with Crippen molar-refractivity contribution in [2.24, 2.45) is 5.92 Å². The maximum atomic E-state index is 6.03. The van der Waals surface area contributed by atoms with E-state index in [1.54, 1.807) is 0 Å². The zero-order valence-corrected chi connectivity index (χ0v) is 14.1. The Hall–Kier alpha value is -0.860. The van der Waals surface area contributed by atoms with Crippen LogP contribution in [0.4, 0.5) is 0 Å². The van der Waals surface area contributed by atoms with Gasteiger partial charge in [-0.2, -0.15) is 0 Å². The lowest BCUT2D eigenvalue weighted by molar-refractivity contribution is 0.0402. The first-order chi connectivity index (χ1) is 9.92. The topological polar surface area (TPSA) is 21.3 Å². The highest BCUT2D eigenvalue weighted by atomic mass is 16.5. The molecule has 1 saturated heterocycles. The van der Waals surface area contributed by atoms with Crippen molar-refractivity contribution in [3.05, 3.63) is 35.9 Å². The molecule has 21 heavy (non-hydrogen) atoms. The Morgan fingerprint density at radius 3 is 2.48 bits per heavy atom. The van der Waals surface area contributed by atoms with Crippen LogP contribution in [0.25, 0.3) is 0 Å². The van der Waals surface area contributed by atoms with Crippen molar-refractivity contribution in [2.75, 3.05) is 6.54 Å². The van der Waals surface area contributed by atoms with Crippen molar-refractivity contribution in [2.45, 2.75) is 71.1 Å². The second-order valence-electron chi connectivity index (χ2n) is 7.57. The molecule has 1 N–H and O–H groups in total. The smallest absolute Gasteiger partial charge is 0.0583 e. The van der Waals surface area contributed by atoms with E-state index >= 15 is 0 Å². The summed E-state index contributed by atoms with van der Waals surface area (Å²) in [5.74, 6) is 0.641. The van der Waals surface area contributed by atoms with E-state index in [-0.39, 0.29) is 5.54 Å². The van der Waals surface area contributed by atoms with Crippen molar-refractivity contribution >= 4 is 0 Å². The summed E-state index contributed by atoms with van der Waals surface area (Å²) in [5.41, 5.74) is 1.61. The Labute approximate surface area is 130 Å². The molecule has 118 valence electrons. The molecule has 1 aromatic carbocycles. The molecule has 0 radical (unpaired) electrons.